The average Bonchev–Trinajstić information content (AvgIpc) is 3.23. The number of aryl methyl sites for hydroxylation is 1. The van der Waals surface area contributed by atoms with Gasteiger partial charge in [0.1, 0.15) is 11.9 Å². The Morgan fingerprint density at radius 2 is 2.08 bits per heavy atom. The number of rotatable bonds is 3. The van der Waals surface area contributed by atoms with Crippen LogP contribution in [0.2, 0.25) is 5.02 Å². The molecule has 4 rings (SSSR count). The number of hydrogen-bond donors (Lipinski definition) is 0. The molecule has 24 heavy (non-hydrogen) atoms. The van der Waals surface area contributed by atoms with E-state index >= 15 is 0 Å². The second-order valence-corrected chi connectivity index (χ2v) is 6.54. The Bertz CT molecular complexity index is 746. The van der Waals surface area contributed by atoms with Crippen molar-refractivity contribution in [2.75, 3.05) is 13.1 Å². The van der Waals surface area contributed by atoms with E-state index in [9.17, 15) is 4.79 Å². The summed E-state index contributed by atoms with van der Waals surface area (Å²) in [6, 6.07) is 0.275. The van der Waals surface area contributed by atoms with E-state index in [1.807, 2.05) is 0 Å². The number of ether oxygens (including phenoxy) is 1. The smallest absolute Gasteiger partial charge is 0.316 e. The van der Waals surface area contributed by atoms with Gasteiger partial charge < -0.3 is 14.2 Å². The van der Waals surface area contributed by atoms with E-state index in [1.165, 1.54) is 12.4 Å². The summed E-state index contributed by atoms with van der Waals surface area (Å²) in [6.45, 7) is 1.12. The molecule has 0 N–H and O–H groups in total. The van der Waals surface area contributed by atoms with Crippen molar-refractivity contribution in [1.29, 1.82) is 0 Å². The normalized spacial score (nSPS) is 20.0. The van der Waals surface area contributed by atoms with Crippen LogP contribution < -0.4 is 4.74 Å². The fraction of sp³-hybridized carbons (Fsp3) is 0.500. The van der Waals surface area contributed by atoms with Crippen LogP contribution in [0.25, 0.3) is 0 Å². The maximum Gasteiger partial charge on any atom is 0.316 e. The van der Waals surface area contributed by atoms with Gasteiger partial charge in [0.05, 0.1) is 24.0 Å². The van der Waals surface area contributed by atoms with Gasteiger partial charge in [-0.15, -0.1) is 0 Å². The lowest BCUT2D eigenvalue weighted by Gasteiger charge is -2.16. The molecule has 126 valence electrons. The molecule has 3 heterocycles. The lowest BCUT2D eigenvalue weighted by molar-refractivity contribution is 0.0758. The van der Waals surface area contributed by atoms with Gasteiger partial charge in [-0.25, -0.2) is 9.97 Å². The number of aromatic nitrogens is 3. The highest BCUT2D eigenvalue weighted by atomic mass is 35.5. The Kier molecular flexibility index (Phi) is 4.10. The summed E-state index contributed by atoms with van der Waals surface area (Å²) < 4.78 is 11.1. The number of likely N-dealkylation sites (tertiary alicyclic amines) is 1. The van der Waals surface area contributed by atoms with E-state index in [1.54, 1.807) is 4.90 Å². The molecule has 1 saturated heterocycles. The molecule has 0 radical (unpaired) electrons. The lowest BCUT2D eigenvalue weighted by atomic mass is 9.96. The zero-order valence-corrected chi connectivity index (χ0v) is 13.8. The first-order chi connectivity index (χ1) is 11.7. The number of carbonyl (C=O) groups is 1. The number of carbonyl (C=O) groups excluding carboxylic acids is 1. The minimum Gasteiger partial charge on any atom is -0.458 e. The molecule has 0 spiro atoms. The van der Waals surface area contributed by atoms with E-state index in [2.05, 4.69) is 15.1 Å². The van der Waals surface area contributed by atoms with Crippen molar-refractivity contribution < 1.29 is 14.1 Å². The molecule has 0 unspecified atom stereocenters. The standard InChI is InChI=1S/C16H17ClN4O3/c17-10-7-18-16(19-8-10)23-11-5-6-21(9-11)15(22)14-12-3-1-2-4-13(12)24-20-14/h7-8,11H,1-6,9H2/t11-/m1/s1. The highest BCUT2D eigenvalue weighted by molar-refractivity contribution is 6.30. The van der Waals surface area contributed by atoms with Crippen molar-refractivity contribution >= 4 is 17.5 Å². The van der Waals surface area contributed by atoms with E-state index in [4.69, 9.17) is 20.9 Å². The third-order valence-corrected chi connectivity index (χ3v) is 4.65. The molecule has 2 aromatic rings. The quantitative estimate of drug-likeness (QED) is 0.846. The average molecular weight is 349 g/mol. The monoisotopic (exact) mass is 348 g/mol. The van der Waals surface area contributed by atoms with Gasteiger partial charge in [-0.1, -0.05) is 16.8 Å². The van der Waals surface area contributed by atoms with Crippen LogP contribution in [0, 0.1) is 0 Å². The number of fused-ring (bicyclic) bond motifs is 1. The molecule has 0 bridgehead atoms. The van der Waals surface area contributed by atoms with Gasteiger partial charge in [0.2, 0.25) is 0 Å². The highest BCUT2D eigenvalue weighted by Gasteiger charge is 2.33. The minimum absolute atomic E-state index is 0.0787. The summed E-state index contributed by atoms with van der Waals surface area (Å²) in [5.74, 6) is 0.788. The van der Waals surface area contributed by atoms with Crippen molar-refractivity contribution in [3.8, 4) is 6.01 Å². The predicted octanol–water partition coefficient (Wildman–Crippen LogP) is 2.29. The van der Waals surface area contributed by atoms with Crippen molar-refractivity contribution in [2.45, 2.75) is 38.2 Å². The van der Waals surface area contributed by atoms with E-state index in [-0.39, 0.29) is 18.0 Å². The fourth-order valence-electron chi connectivity index (χ4n) is 3.22. The zero-order valence-electron chi connectivity index (χ0n) is 13.1. The van der Waals surface area contributed by atoms with E-state index in [0.29, 0.717) is 23.8 Å². The second-order valence-electron chi connectivity index (χ2n) is 6.10. The molecular formula is C16H17ClN4O3. The Hall–Kier alpha value is -2.15. The second kappa shape index (κ2) is 6.39. The molecule has 2 aromatic heterocycles. The van der Waals surface area contributed by atoms with Crippen LogP contribution >= 0.6 is 11.6 Å². The van der Waals surface area contributed by atoms with Crippen molar-refractivity contribution in [2.24, 2.45) is 0 Å². The molecule has 1 amide bonds. The van der Waals surface area contributed by atoms with Crippen molar-refractivity contribution in [3.63, 3.8) is 0 Å². The molecule has 1 aliphatic heterocycles. The van der Waals surface area contributed by atoms with Crippen LogP contribution in [0.5, 0.6) is 6.01 Å². The Labute approximate surface area is 144 Å². The molecule has 1 aliphatic carbocycles. The van der Waals surface area contributed by atoms with Crippen LogP contribution in [0.1, 0.15) is 41.1 Å². The number of hydrogen-bond acceptors (Lipinski definition) is 6. The van der Waals surface area contributed by atoms with Crippen LogP contribution in [0.4, 0.5) is 0 Å². The van der Waals surface area contributed by atoms with Crippen molar-refractivity contribution in [1.82, 2.24) is 20.0 Å². The molecule has 1 atom stereocenters. The Morgan fingerprint density at radius 1 is 1.29 bits per heavy atom. The lowest BCUT2D eigenvalue weighted by Crippen LogP contribution is -2.32. The van der Waals surface area contributed by atoms with Crippen LogP contribution in [-0.4, -0.2) is 45.1 Å². The highest BCUT2D eigenvalue weighted by Crippen LogP contribution is 2.26. The van der Waals surface area contributed by atoms with Gasteiger partial charge in [0, 0.05) is 24.9 Å². The van der Waals surface area contributed by atoms with Gasteiger partial charge in [0.15, 0.2) is 5.69 Å². The predicted molar refractivity (Wildman–Crippen MR) is 85.1 cm³/mol. The third kappa shape index (κ3) is 2.96. The van der Waals surface area contributed by atoms with Gasteiger partial charge in [-0.05, 0) is 19.3 Å². The molecule has 8 heteroatoms. The Balaban J connectivity index is 1.42. The summed E-state index contributed by atoms with van der Waals surface area (Å²) in [4.78, 5) is 22.5. The topological polar surface area (TPSA) is 81.4 Å². The first-order valence-corrected chi connectivity index (χ1v) is 8.49. The van der Waals surface area contributed by atoms with Gasteiger partial charge >= 0.3 is 6.01 Å². The summed E-state index contributed by atoms with van der Waals surface area (Å²) in [7, 11) is 0. The molecule has 0 aromatic carbocycles. The summed E-state index contributed by atoms with van der Waals surface area (Å²) in [6.07, 6.45) is 7.49. The molecule has 7 nitrogen and oxygen atoms in total. The molecule has 1 fully saturated rings. The number of halogens is 1. The van der Waals surface area contributed by atoms with Crippen LogP contribution in [0.3, 0.4) is 0 Å². The molecular weight excluding hydrogens is 332 g/mol. The van der Waals surface area contributed by atoms with Crippen LogP contribution in [0.15, 0.2) is 16.9 Å². The fourth-order valence-corrected chi connectivity index (χ4v) is 3.32. The maximum atomic E-state index is 12.7. The van der Waals surface area contributed by atoms with Gasteiger partial charge in [0.25, 0.3) is 5.91 Å². The van der Waals surface area contributed by atoms with E-state index in [0.717, 1.165) is 43.4 Å². The largest absolute Gasteiger partial charge is 0.458 e. The van der Waals surface area contributed by atoms with E-state index < -0.39 is 0 Å². The third-order valence-electron chi connectivity index (χ3n) is 4.45. The summed E-state index contributed by atoms with van der Waals surface area (Å²) in [5, 5.41) is 4.47. The van der Waals surface area contributed by atoms with Crippen LogP contribution in [-0.2, 0) is 12.8 Å². The van der Waals surface area contributed by atoms with Gasteiger partial charge in [-0.2, -0.15) is 0 Å². The number of amides is 1. The first kappa shape index (κ1) is 15.4. The minimum atomic E-state index is -0.127. The Morgan fingerprint density at radius 3 is 2.92 bits per heavy atom. The van der Waals surface area contributed by atoms with Crippen molar-refractivity contribution in [3.05, 3.63) is 34.4 Å². The maximum absolute atomic E-state index is 12.7. The molecule has 2 aliphatic rings. The summed E-state index contributed by atoms with van der Waals surface area (Å²) >= 11 is 5.76. The molecule has 0 saturated carbocycles. The first-order valence-electron chi connectivity index (χ1n) is 8.11. The van der Waals surface area contributed by atoms with Gasteiger partial charge in [-0.3, -0.25) is 4.79 Å². The zero-order chi connectivity index (χ0) is 16.5. The SMILES string of the molecule is O=C(c1noc2c1CCCC2)N1CC[C@@H](Oc2ncc(Cl)cn2)C1. The summed E-state index contributed by atoms with van der Waals surface area (Å²) in [5.41, 5.74) is 1.45. The number of nitrogens with zero attached hydrogens (tertiary/aromatic N) is 4.